The third-order valence-electron chi connectivity index (χ3n) is 2.43. The van der Waals surface area contributed by atoms with Gasteiger partial charge in [-0.3, -0.25) is 0 Å². The summed E-state index contributed by atoms with van der Waals surface area (Å²) in [5.74, 6) is 0. The lowest BCUT2D eigenvalue weighted by Gasteiger charge is -2.01. The Kier molecular flexibility index (Phi) is 36.4. The number of aliphatic hydroxyl groups is 4. The van der Waals surface area contributed by atoms with Crippen LogP contribution in [0.1, 0.15) is 39.5 Å². The number of aliphatic hydroxyl groups excluding tert-OH is 4. The Labute approximate surface area is 156 Å². The fourth-order valence-corrected chi connectivity index (χ4v) is 1.31. The first-order valence-electron chi connectivity index (χ1n) is 9.02. The van der Waals surface area contributed by atoms with E-state index < -0.39 is 6.16 Å². The molecule has 0 bridgehead atoms. The normalized spacial score (nSPS) is 9.46. The minimum atomic E-state index is -0.588. The van der Waals surface area contributed by atoms with Crippen LogP contribution in [-0.4, -0.2) is 92.7 Å². The highest BCUT2D eigenvalue weighted by Crippen LogP contribution is 1.96. The molecule has 0 amide bonds. The molecule has 0 aromatic heterocycles. The van der Waals surface area contributed by atoms with Crippen molar-refractivity contribution < 1.29 is 44.2 Å². The Morgan fingerprint density at radius 3 is 1.27 bits per heavy atom. The molecule has 160 valence electrons. The van der Waals surface area contributed by atoms with Crippen molar-refractivity contribution in [2.24, 2.45) is 0 Å². The van der Waals surface area contributed by atoms with Crippen LogP contribution >= 0.6 is 0 Å². The van der Waals surface area contributed by atoms with Crippen LogP contribution in [0.4, 0.5) is 4.79 Å². The Morgan fingerprint density at radius 2 is 1.00 bits per heavy atom. The molecule has 0 rings (SSSR count). The summed E-state index contributed by atoms with van der Waals surface area (Å²) in [6.45, 7) is 6.51. The molecular weight excluding hydrogens is 348 g/mol. The van der Waals surface area contributed by atoms with E-state index in [1.54, 1.807) is 13.8 Å². The summed E-state index contributed by atoms with van der Waals surface area (Å²) in [5, 5.41) is 33.1. The number of carbonyl (C=O) groups excluding carboxylic acids is 1. The van der Waals surface area contributed by atoms with Crippen LogP contribution in [0.3, 0.4) is 0 Å². The van der Waals surface area contributed by atoms with Crippen molar-refractivity contribution in [3.63, 3.8) is 0 Å². The number of hydrogen-bond donors (Lipinski definition) is 4. The van der Waals surface area contributed by atoms with Crippen molar-refractivity contribution in [3.8, 4) is 0 Å². The van der Waals surface area contributed by atoms with Gasteiger partial charge >= 0.3 is 6.16 Å². The van der Waals surface area contributed by atoms with Crippen LogP contribution < -0.4 is 0 Å². The van der Waals surface area contributed by atoms with Crippen molar-refractivity contribution in [2.75, 3.05) is 66.1 Å². The number of carbonyl (C=O) groups is 1. The van der Waals surface area contributed by atoms with E-state index >= 15 is 0 Å². The number of hydrogen-bond acceptors (Lipinski definition) is 9. The maximum atomic E-state index is 10.2. The fourth-order valence-electron chi connectivity index (χ4n) is 1.31. The zero-order chi connectivity index (χ0) is 20.3. The quantitative estimate of drug-likeness (QED) is 0.251. The highest BCUT2D eigenvalue weighted by Gasteiger charge is 1.96. The Bertz CT molecular complexity index is 218. The van der Waals surface area contributed by atoms with E-state index in [-0.39, 0.29) is 26.4 Å². The molecule has 0 aromatic rings. The zero-order valence-electron chi connectivity index (χ0n) is 16.2. The minimum absolute atomic E-state index is 0.0417. The predicted molar refractivity (Wildman–Crippen MR) is 97.1 cm³/mol. The lowest BCUT2D eigenvalue weighted by molar-refractivity contribution is 0.0222. The van der Waals surface area contributed by atoms with E-state index in [2.05, 4.69) is 9.47 Å². The molecule has 0 radical (unpaired) electrons. The molecule has 0 aromatic carbocycles. The number of ether oxygens (including phenoxy) is 4. The van der Waals surface area contributed by atoms with Crippen molar-refractivity contribution in [1.82, 2.24) is 0 Å². The first kappa shape index (κ1) is 29.8. The molecule has 0 unspecified atom stereocenters. The molecular formula is C17H38O9. The lowest BCUT2D eigenvalue weighted by atomic mass is 10.2. The van der Waals surface area contributed by atoms with Crippen LogP contribution in [-0.2, 0) is 18.9 Å². The van der Waals surface area contributed by atoms with Gasteiger partial charge in [0.2, 0.25) is 0 Å². The summed E-state index contributed by atoms with van der Waals surface area (Å²) in [4.78, 5) is 10.2. The number of rotatable bonds is 14. The molecule has 0 aliphatic heterocycles. The molecule has 26 heavy (non-hydrogen) atoms. The smallest absolute Gasteiger partial charge is 0.435 e. The summed E-state index contributed by atoms with van der Waals surface area (Å²) in [6, 6.07) is 0. The molecule has 0 atom stereocenters. The van der Waals surface area contributed by atoms with Crippen molar-refractivity contribution >= 4 is 6.16 Å². The third-order valence-corrected chi connectivity index (χ3v) is 2.43. The van der Waals surface area contributed by atoms with Gasteiger partial charge in [-0.15, -0.1) is 0 Å². The van der Waals surface area contributed by atoms with Crippen LogP contribution in [0.25, 0.3) is 0 Å². The first-order valence-corrected chi connectivity index (χ1v) is 9.02. The lowest BCUT2D eigenvalue weighted by Crippen LogP contribution is -2.09. The molecule has 4 N–H and O–H groups in total. The van der Waals surface area contributed by atoms with Crippen LogP contribution in [0, 0.1) is 0 Å². The fraction of sp³-hybridized carbons (Fsp3) is 0.941. The first-order chi connectivity index (χ1) is 12.6. The molecule has 0 heterocycles. The topological polar surface area (TPSA) is 135 Å². The van der Waals surface area contributed by atoms with E-state index in [0.29, 0.717) is 39.6 Å². The predicted octanol–water partition coefficient (Wildman–Crippen LogP) is 0.715. The third kappa shape index (κ3) is 38.5. The Hall–Kier alpha value is -0.970. The molecule has 0 fully saturated rings. The van der Waals surface area contributed by atoms with Crippen LogP contribution in [0.5, 0.6) is 0 Å². The van der Waals surface area contributed by atoms with Gasteiger partial charge in [-0.05, 0) is 26.7 Å². The van der Waals surface area contributed by atoms with Crippen molar-refractivity contribution in [1.29, 1.82) is 0 Å². The summed E-state index contributed by atoms with van der Waals surface area (Å²) >= 11 is 0. The van der Waals surface area contributed by atoms with E-state index in [4.69, 9.17) is 29.9 Å². The summed E-state index contributed by atoms with van der Waals surface area (Å²) in [7, 11) is 0. The maximum absolute atomic E-state index is 10.2. The van der Waals surface area contributed by atoms with E-state index in [0.717, 1.165) is 25.7 Å². The molecule has 9 nitrogen and oxygen atoms in total. The molecule has 0 aliphatic rings. The zero-order valence-corrected chi connectivity index (χ0v) is 16.2. The van der Waals surface area contributed by atoms with Gasteiger partial charge in [0.25, 0.3) is 0 Å². The number of unbranched alkanes of at least 4 members (excludes halogenated alkanes) is 3. The van der Waals surface area contributed by atoms with Gasteiger partial charge < -0.3 is 39.4 Å². The second-order valence-corrected chi connectivity index (χ2v) is 4.65. The van der Waals surface area contributed by atoms with E-state index in [1.807, 2.05) is 0 Å². The Morgan fingerprint density at radius 1 is 0.615 bits per heavy atom. The standard InChI is InChI=1S/C6H14O4.C6H14O2.C5H10O3/c7-1-3-9-5-6-10-4-2-8;7-5-3-1-2-4-6-8;1-3-7-5(6)8-4-2/h7-8H,1-6H2;7-8H,1-6H2;3-4H2,1-2H3. The SMILES string of the molecule is CCOC(=O)OCC.OCCCCCCO.OCCOCCOCCO. The van der Waals surface area contributed by atoms with Gasteiger partial charge in [0.1, 0.15) is 0 Å². The van der Waals surface area contributed by atoms with Gasteiger partial charge in [-0.1, -0.05) is 12.8 Å². The van der Waals surface area contributed by atoms with Crippen LogP contribution in [0.15, 0.2) is 0 Å². The van der Waals surface area contributed by atoms with E-state index in [9.17, 15) is 4.79 Å². The molecule has 0 saturated carbocycles. The molecule has 0 aliphatic carbocycles. The summed E-state index contributed by atoms with van der Waals surface area (Å²) in [6.07, 6.45) is 3.24. The average molecular weight is 386 g/mol. The van der Waals surface area contributed by atoms with Gasteiger partial charge in [0.05, 0.1) is 52.9 Å². The van der Waals surface area contributed by atoms with Gasteiger partial charge in [-0.2, -0.15) is 0 Å². The van der Waals surface area contributed by atoms with Crippen LogP contribution in [0.2, 0.25) is 0 Å². The second-order valence-electron chi connectivity index (χ2n) is 4.65. The second kappa shape index (κ2) is 31.8. The van der Waals surface area contributed by atoms with Gasteiger partial charge in [0.15, 0.2) is 0 Å². The minimum Gasteiger partial charge on any atom is -0.435 e. The van der Waals surface area contributed by atoms with E-state index in [1.165, 1.54) is 0 Å². The van der Waals surface area contributed by atoms with Gasteiger partial charge in [0, 0.05) is 13.2 Å². The largest absolute Gasteiger partial charge is 0.508 e. The molecule has 9 heteroatoms. The summed E-state index contributed by atoms with van der Waals surface area (Å²) < 4.78 is 18.6. The van der Waals surface area contributed by atoms with Crippen molar-refractivity contribution in [3.05, 3.63) is 0 Å². The molecule has 0 saturated heterocycles. The van der Waals surface area contributed by atoms with Crippen molar-refractivity contribution in [2.45, 2.75) is 39.5 Å². The van der Waals surface area contributed by atoms with Gasteiger partial charge in [-0.25, -0.2) is 4.79 Å². The highest BCUT2D eigenvalue weighted by atomic mass is 16.7. The maximum Gasteiger partial charge on any atom is 0.508 e. The highest BCUT2D eigenvalue weighted by molar-refractivity contribution is 5.59. The Balaban J connectivity index is -0.000000308. The summed E-state index contributed by atoms with van der Waals surface area (Å²) in [5.41, 5.74) is 0. The average Bonchev–Trinajstić information content (AvgIpc) is 2.63. The molecule has 0 spiro atoms. The monoisotopic (exact) mass is 386 g/mol.